The van der Waals surface area contributed by atoms with E-state index in [9.17, 15) is 30.4 Å². The van der Waals surface area contributed by atoms with Crippen molar-refractivity contribution in [1.82, 2.24) is 5.32 Å². The predicted octanol–water partition coefficient (Wildman–Crippen LogP) is 1.40. The fraction of sp³-hybridized carbons (Fsp3) is 0.455. The molecule has 0 aliphatic carbocycles. The summed E-state index contributed by atoms with van der Waals surface area (Å²) in [4.78, 5) is 0. The van der Waals surface area contributed by atoms with Crippen molar-refractivity contribution >= 4 is 9.84 Å². The molecule has 0 aromatic heterocycles. The Balaban J connectivity index is 2.57. The van der Waals surface area contributed by atoms with E-state index in [1.165, 1.54) is 0 Å². The highest BCUT2D eigenvalue weighted by Gasteiger charge is 2.26. The second-order valence-corrected chi connectivity index (χ2v) is 6.39. The number of benzene rings is 1. The van der Waals surface area contributed by atoms with Crippen molar-refractivity contribution in [2.45, 2.75) is 0 Å². The van der Waals surface area contributed by atoms with Gasteiger partial charge in [0, 0.05) is 19.3 Å². The molecule has 0 atom stereocenters. The number of hydrogen-bond acceptors (Lipinski definition) is 4. The van der Waals surface area contributed by atoms with Crippen LogP contribution in [0.2, 0.25) is 0 Å². The highest BCUT2D eigenvalue weighted by atomic mass is 32.2. The Morgan fingerprint density at radius 2 is 1.38 bits per heavy atom. The van der Waals surface area contributed by atoms with E-state index in [1.807, 2.05) is 0 Å². The summed E-state index contributed by atoms with van der Waals surface area (Å²) in [7, 11) is -3.16. The first-order valence-corrected chi connectivity index (χ1v) is 7.74. The summed E-state index contributed by atoms with van der Waals surface area (Å²) in [6, 6.07) is 0. The molecule has 21 heavy (non-hydrogen) atoms. The highest BCUT2D eigenvalue weighted by molar-refractivity contribution is 7.90. The van der Waals surface area contributed by atoms with E-state index in [2.05, 4.69) is 10.1 Å². The molecule has 0 bridgehead atoms. The number of halogens is 5. The molecular formula is C11H12F5NO3S. The van der Waals surface area contributed by atoms with Crippen molar-refractivity contribution in [3.05, 3.63) is 29.1 Å². The van der Waals surface area contributed by atoms with Crippen molar-refractivity contribution in [3.63, 3.8) is 0 Å². The van der Waals surface area contributed by atoms with Crippen LogP contribution in [0.15, 0.2) is 0 Å². The average molecular weight is 333 g/mol. The molecule has 120 valence electrons. The normalized spacial score (nSPS) is 11.7. The topological polar surface area (TPSA) is 55.4 Å². The Kier molecular flexibility index (Phi) is 5.90. The van der Waals surface area contributed by atoms with Gasteiger partial charge in [-0.2, -0.15) is 8.78 Å². The molecule has 0 fully saturated rings. The Hall–Kier alpha value is -1.42. The second kappa shape index (κ2) is 7.03. The van der Waals surface area contributed by atoms with Gasteiger partial charge in [-0.1, -0.05) is 0 Å². The molecule has 0 amide bonds. The molecule has 0 unspecified atom stereocenters. The van der Waals surface area contributed by atoms with Gasteiger partial charge in [-0.05, 0) is 0 Å². The summed E-state index contributed by atoms with van der Waals surface area (Å²) in [6.07, 6.45) is 1.03. The number of hydrogen-bond donors (Lipinski definition) is 1. The van der Waals surface area contributed by atoms with Gasteiger partial charge in [-0.3, -0.25) is 0 Å². The summed E-state index contributed by atoms with van der Waals surface area (Å²) >= 11 is 0. The zero-order valence-corrected chi connectivity index (χ0v) is 11.7. The van der Waals surface area contributed by atoms with Gasteiger partial charge in [-0.15, -0.1) is 0 Å². The molecule has 0 saturated heterocycles. The quantitative estimate of drug-likeness (QED) is 0.355. The minimum Gasteiger partial charge on any atom is -0.486 e. The van der Waals surface area contributed by atoms with Crippen molar-refractivity contribution in [2.24, 2.45) is 0 Å². The zero-order chi connectivity index (χ0) is 16.2. The van der Waals surface area contributed by atoms with Crippen LogP contribution in [-0.2, 0) is 9.84 Å². The maximum Gasteiger partial charge on any atom is 0.206 e. The molecule has 1 aromatic carbocycles. The lowest BCUT2D eigenvalue weighted by Gasteiger charge is -2.10. The molecule has 0 spiro atoms. The van der Waals surface area contributed by atoms with Crippen LogP contribution in [0.5, 0.6) is 5.75 Å². The first kappa shape index (κ1) is 17.6. The lowest BCUT2D eigenvalue weighted by Crippen LogP contribution is -2.27. The third-order valence-electron chi connectivity index (χ3n) is 2.34. The first-order valence-electron chi connectivity index (χ1n) is 5.68. The number of sulfone groups is 1. The Labute approximate surface area is 117 Å². The van der Waals surface area contributed by atoms with Crippen LogP contribution in [0.3, 0.4) is 0 Å². The molecule has 0 aliphatic rings. The molecule has 0 heterocycles. The standard InChI is InChI=1S/C11H12F5NO3S/c1-21(18,19)5-3-17-2-4-20-11-9(15)7(13)6(12)8(14)10(11)16/h17H,2-5H2,1H3. The van der Waals surface area contributed by atoms with Gasteiger partial charge in [0.2, 0.25) is 29.1 Å². The predicted molar refractivity (Wildman–Crippen MR) is 64.3 cm³/mol. The van der Waals surface area contributed by atoms with E-state index in [1.54, 1.807) is 0 Å². The molecular weight excluding hydrogens is 321 g/mol. The minimum atomic E-state index is -3.16. The Morgan fingerprint density at radius 3 is 1.86 bits per heavy atom. The SMILES string of the molecule is CS(=O)(=O)CCNCCOc1c(F)c(F)c(F)c(F)c1F. The molecule has 1 N–H and O–H groups in total. The van der Waals surface area contributed by atoms with Gasteiger partial charge < -0.3 is 10.1 Å². The smallest absolute Gasteiger partial charge is 0.206 e. The van der Waals surface area contributed by atoms with Gasteiger partial charge >= 0.3 is 0 Å². The molecule has 0 radical (unpaired) electrons. The van der Waals surface area contributed by atoms with E-state index < -0.39 is 51.3 Å². The van der Waals surface area contributed by atoms with E-state index in [4.69, 9.17) is 0 Å². The average Bonchev–Trinajstić information content (AvgIpc) is 2.40. The van der Waals surface area contributed by atoms with Crippen LogP contribution in [0, 0.1) is 29.1 Å². The van der Waals surface area contributed by atoms with E-state index in [-0.39, 0.29) is 18.8 Å². The molecule has 1 rings (SSSR count). The largest absolute Gasteiger partial charge is 0.486 e. The van der Waals surface area contributed by atoms with Crippen molar-refractivity contribution in [1.29, 1.82) is 0 Å². The maximum absolute atomic E-state index is 13.2. The second-order valence-electron chi connectivity index (χ2n) is 4.13. The van der Waals surface area contributed by atoms with Crippen molar-refractivity contribution in [2.75, 3.05) is 31.7 Å². The summed E-state index contributed by atoms with van der Waals surface area (Å²) in [6.45, 7) is -0.365. The first-order chi connectivity index (χ1) is 9.65. The third-order valence-corrected chi connectivity index (χ3v) is 3.29. The lowest BCUT2D eigenvalue weighted by atomic mass is 10.2. The fourth-order valence-electron chi connectivity index (χ4n) is 1.32. The van der Waals surface area contributed by atoms with Crippen LogP contribution in [0.1, 0.15) is 0 Å². The van der Waals surface area contributed by atoms with E-state index >= 15 is 0 Å². The van der Waals surface area contributed by atoms with Gasteiger partial charge in [0.1, 0.15) is 16.4 Å². The summed E-state index contributed by atoms with van der Waals surface area (Å²) in [5, 5.41) is 2.58. The van der Waals surface area contributed by atoms with Gasteiger partial charge in [0.15, 0.2) is 5.75 Å². The van der Waals surface area contributed by atoms with Gasteiger partial charge in [-0.25, -0.2) is 21.6 Å². The maximum atomic E-state index is 13.2. The highest BCUT2D eigenvalue weighted by Crippen LogP contribution is 2.28. The van der Waals surface area contributed by atoms with E-state index in [0.717, 1.165) is 6.26 Å². The van der Waals surface area contributed by atoms with Gasteiger partial charge in [0.05, 0.1) is 5.75 Å². The van der Waals surface area contributed by atoms with Crippen LogP contribution in [0.25, 0.3) is 0 Å². The van der Waals surface area contributed by atoms with Crippen LogP contribution >= 0.6 is 0 Å². The minimum absolute atomic E-state index is 0.0327. The van der Waals surface area contributed by atoms with Crippen molar-refractivity contribution < 1.29 is 35.1 Å². The molecule has 1 aromatic rings. The molecule has 10 heteroatoms. The van der Waals surface area contributed by atoms with Crippen LogP contribution in [0.4, 0.5) is 22.0 Å². The zero-order valence-electron chi connectivity index (χ0n) is 10.9. The molecule has 0 aliphatic heterocycles. The summed E-state index contributed by atoms with van der Waals surface area (Å²) in [5.74, 6) is -12.1. The Bertz CT molecular complexity index is 592. The van der Waals surface area contributed by atoms with Crippen LogP contribution < -0.4 is 10.1 Å². The monoisotopic (exact) mass is 333 g/mol. The van der Waals surface area contributed by atoms with Crippen LogP contribution in [-0.4, -0.2) is 40.1 Å². The number of nitrogens with one attached hydrogen (secondary N) is 1. The summed E-state index contributed by atoms with van der Waals surface area (Å²) in [5.41, 5.74) is 0. The number of ether oxygens (including phenoxy) is 1. The Morgan fingerprint density at radius 1 is 0.905 bits per heavy atom. The molecule has 0 saturated carbocycles. The van der Waals surface area contributed by atoms with E-state index in [0.29, 0.717) is 0 Å². The van der Waals surface area contributed by atoms with Gasteiger partial charge in [0.25, 0.3) is 0 Å². The summed E-state index contributed by atoms with van der Waals surface area (Å²) < 4.78 is 90.9. The lowest BCUT2D eigenvalue weighted by molar-refractivity contribution is 0.262. The van der Waals surface area contributed by atoms with Crippen molar-refractivity contribution in [3.8, 4) is 5.75 Å². The third kappa shape index (κ3) is 4.81. The molecule has 4 nitrogen and oxygen atoms in total. The fourth-order valence-corrected chi connectivity index (χ4v) is 1.83. The number of rotatable bonds is 7.